The summed E-state index contributed by atoms with van der Waals surface area (Å²) in [7, 11) is 1.56. The number of allylic oxidation sites excluding steroid dienone is 1. The molecule has 8 nitrogen and oxygen atoms in total. The summed E-state index contributed by atoms with van der Waals surface area (Å²) < 4.78 is 26.0. The molecule has 1 aliphatic heterocycles. The molecule has 0 spiro atoms. The molecule has 1 aliphatic rings. The number of hydrogen-bond acceptors (Lipinski definition) is 8. The maximum atomic E-state index is 14.1. The third-order valence-corrected chi connectivity index (χ3v) is 8.94. The van der Waals surface area contributed by atoms with Crippen LogP contribution in [-0.2, 0) is 16.1 Å². The fourth-order valence-corrected chi connectivity index (χ4v) is 6.89. The summed E-state index contributed by atoms with van der Waals surface area (Å²) >= 11 is 3.53. The topological polar surface area (TPSA) is 88.4 Å². The van der Waals surface area contributed by atoms with Crippen molar-refractivity contribution in [3.63, 3.8) is 0 Å². The minimum atomic E-state index is -0.762. The van der Waals surface area contributed by atoms with E-state index in [1.165, 1.54) is 16.9 Å². The Balaban J connectivity index is 1.55. The Morgan fingerprint density at radius 2 is 1.84 bits per heavy atom. The molecule has 1 aromatic heterocycles. The molecule has 0 radical (unpaired) electrons. The average Bonchev–Trinajstić information content (AvgIpc) is 3.29. The first-order valence-corrected chi connectivity index (χ1v) is 16.5. The smallest absolute Gasteiger partial charge is 0.338 e. The van der Waals surface area contributed by atoms with E-state index in [-0.39, 0.29) is 18.3 Å². The Morgan fingerprint density at radius 3 is 2.53 bits per heavy atom. The highest BCUT2D eigenvalue weighted by atomic mass is 127. The summed E-state index contributed by atoms with van der Waals surface area (Å²) in [6.07, 6.45) is 1.79. The summed E-state index contributed by atoms with van der Waals surface area (Å²) in [4.78, 5) is 32.5. The number of thiazole rings is 1. The van der Waals surface area contributed by atoms with Gasteiger partial charge < -0.3 is 18.9 Å². The quantitative estimate of drug-likeness (QED) is 0.145. The number of benzene rings is 3. The first-order chi connectivity index (χ1) is 21.6. The van der Waals surface area contributed by atoms with Crippen LogP contribution in [0.25, 0.3) is 6.08 Å². The number of aryl methyl sites for hydroxylation is 1. The van der Waals surface area contributed by atoms with Gasteiger partial charge in [-0.2, -0.15) is 0 Å². The molecule has 1 atom stereocenters. The summed E-state index contributed by atoms with van der Waals surface area (Å²) in [5.74, 6) is 1.32. The zero-order valence-electron chi connectivity index (χ0n) is 26.0. The Kier molecular flexibility index (Phi) is 10.1. The maximum Gasteiger partial charge on any atom is 0.338 e. The standard InChI is InChI=1S/C35H35IN2O6S/c1-7-42-34(40)31-22(5)37-35-38(32(31)25-12-14-28(44-20(2)3)29(18-25)41-6)33(39)30(45-35)17-23-11-13-27(26(36)16-23)43-19-24-10-8-9-21(4)15-24/h8-18,20,32H,7,19H2,1-6H3/b30-17-/t32-/m1/s1. The second-order valence-electron chi connectivity index (χ2n) is 10.8. The van der Waals surface area contributed by atoms with Gasteiger partial charge in [0.1, 0.15) is 12.4 Å². The minimum Gasteiger partial charge on any atom is -0.493 e. The fraction of sp³-hybridized carbons (Fsp3) is 0.286. The number of fused-ring (bicyclic) bond motifs is 1. The second kappa shape index (κ2) is 14.0. The Bertz CT molecular complexity index is 1960. The van der Waals surface area contributed by atoms with Gasteiger partial charge in [0.25, 0.3) is 5.56 Å². The molecule has 0 aliphatic carbocycles. The molecule has 0 saturated carbocycles. The number of carbonyl (C=O) groups excluding carboxylic acids is 1. The van der Waals surface area contributed by atoms with Crippen LogP contribution in [0.3, 0.4) is 0 Å². The van der Waals surface area contributed by atoms with Crippen molar-refractivity contribution < 1.29 is 23.7 Å². The predicted molar refractivity (Wildman–Crippen MR) is 184 cm³/mol. The average molecular weight is 739 g/mol. The van der Waals surface area contributed by atoms with Crippen LogP contribution in [-0.4, -0.2) is 30.4 Å². The predicted octanol–water partition coefficient (Wildman–Crippen LogP) is 6.09. The van der Waals surface area contributed by atoms with Gasteiger partial charge in [-0.25, -0.2) is 9.79 Å². The van der Waals surface area contributed by atoms with Crippen molar-refractivity contribution in [3.8, 4) is 17.2 Å². The van der Waals surface area contributed by atoms with Crippen LogP contribution in [0.15, 0.2) is 81.7 Å². The molecule has 0 fully saturated rings. The summed E-state index contributed by atoms with van der Waals surface area (Å²) in [5.41, 5.74) is 4.36. The number of methoxy groups -OCH3 is 1. The zero-order chi connectivity index (χ0) is 32.2. The number of ether oxygens (including phenoxy) is 4. The lowest BCUT2D eigenvalue weighted by Gasteiger charge is -2.25. The van der Waals surface area contributed by atoms with Crippen molar-refractivity contribution in [2.45, 2.75) is 53.4 Å². The third-order valence-electron chi connectivity index (χ3n) is 7.11. The Labute approximate surface area is 279 Å². The Hall–Kier alpha value is -3.90. The van der Waals surface area contributed by atoms with E-state index < -0.39 is 12.0 Å². The molecule has 2 heterocycles. The number of nitrogens with zero attached hydrogens (tertiary/aromatic N) is 2. The number of rotatable bonds is 10. The van der Waals surface area contributed by atoms with Gasteiger partial charge in [0.15, 0.2) is 16.3 Å². The number of aromatic nitrogens is 1. The first-order valence-electron chi connectivity index (χ1n) is 14.6. The molecule has 4 aromatic rings. The normalized spacial score (nSPS) is 14.7. The molecule has 5 rings (SSSR count). The highest BCUT2D eigenvalue weighted by Gasteiger charge is 2.34. The van der Waals surface area contributed by atoms with Crippen LogP contribution in [0.4, 0.5) is 0 Å². The molecule has 0 bridgehead atoms. The van der Waals surface area contributed by atoms with Gasteiger partial charge in [-0.3, -0.25) is 9.36 Å². The van der Waals surface area contributed by atoms with Gasteiger partial charge >= 0.3 is 5.97 Å². The lowest BCUT2D eigenvalue weighted by atomic mass is 9.95. The van der Waals surface area contributed by atoms with Crippen LogP contribution in [0.1, 0.15) is 56.0 Å². The molecule has 0 saturated heterocycles. The summed E-state index contributed by atoms with van der Waals surface area (Å²) in [5, 5.41) is 0. The van der Waals surface area contributed by atoms with Crippen molar-refractivity contribution in [3.05, 3.63) is 117 Å². The van der Waals surface area contributed by atoms with E-state index >= 15 is 0 Å². The van der Waals surface area contributed by atoms with E-state index in [2.05, 4.69) is 46.6 Å². The molecule has 3 aromatic carbocycles. The van der Waals surface area contributed by atoms with Crippen LogP contribution < -0.4 is 29.1 Å². The summed E-state index contributed by atoms with van der Waals surface area (Å²) in [6, 6.07) is 18.7. The molecule has 0 N–H and O–H groups in total. The van der Waals surface area contributed by atoms with Crippen LogP contribution in [0.2, 0.25) is 0 Å². The van der Waals surface area contributed by atoms with E-state index in [9.17, 15) is 9.59 Å². The van der Waals surface area contributed by atoms with Gasteiger partial charge in [0, 0.05) is 0 Å². The number of esters is 1. The van der Waals surface area contributed by atoms with Crippen molar-refractivity contribution in [1.82, 2.24) is 4.57 Å². The molecular weight excluding hydrogens is 703 g/mol. The summed E-state index contributed by atoms with van der Waals surface area (Å²) in [6.45, 7) is 10.1. The van der Waals surface area contributed by atoms with Crippen LogP contribution in [0.5, 0.6) is 17.2 Å². The van der Waals surface area contributed by atoms with Crippen molar-refractivity contribution >= 4 is 46.0 Å². The number of carbonyl (C=O) groups is 1. The Morgan fingerprint density at radius 1 is 1.07 bits per heavy atom. The molecular formula is C35H35IN2O6S. The molecule has 10 heteroatoms. The van der Waals surface area contributed by atoms with Crippen molar-refractivity contribution in [2.75, 3.05) is 13.7 Å². The molecule has 0 amide bonds. The van der Waals surface area contributed by atoms with Gasteiger partial charge in [-0.05, 0) is 104 Å². The zero-order valence-corrected chi connectivity index (χ0v) is 29.0. The number of hydrogen-bond donors (Lipinski definition) is 0. The maximum absolute atomic E-state index is 14.1. The second-order valence-corrected chi connectivity index (χ2v) is 13.0. The third kappa shape index (κ3) is 7.17. The largest absolute Gasteiger partial charge is 0.493 e. The van der Waals surface area contributed by atoms with Crippen LogP contribution >= 0.6 is 33.9 Å². The fourth-order valence-electron chi connectivity index (χ4n) is 5.15. The monoisotopic (exact) mass is 738 g/mol. The van der Waals surface area contributed by atoms with Crippen LogP contribution in [0, 0.1) is 10.5 Å². The van der Waals surface area contributed by atoms with Crippen molar-refractivity contribution in [1.29, 1.82) is 0 Å². The van der Waals surface area contributed by atoms with Gasteiger partial charge in [-0.1, -0.05) is 53.3 Å². The molecule has 234 valence electrons. The van der Waals surface area contributed by atoms with Gasteiger partial charge in [0.2, 0.25) is 0 Å². The first kappa shape index (κ1) is 32.5. The lowest BCUT2D eigenvalue weighted by molar-refractivity contribution is -0.139. The van der Waals surface area contributed by atoms with Gasteiger partial charge in [0.05, 0.1) is 45.2 Å². The molecule has 0 unspecified atom stereocenters. The van der Waals surface area contributed by atoms with E-state index in [0.29, 0.717) is 44.3 Å². The highest BCUT2D eigenvalue weighted by molar-refractivity contribution is 14.1. The van der Waals surface area contributed by atoms with E-state index in [0.717, 1.165) is 20.4 Å². The van der Waals surface area contributed by atoms with Gasteiger partial charge in [-0.15, -0.1) is 0 Å². The lowest BCUT2D eigenvalue weighted by Crippen LogP contribution is -2.40. The van der Waals surface area contributed by atoms with E-state index in [1.807, 2.05) is 56.3 Å². The number of halogens is 1. The highest BCUT2D eigenvalue weighted by Crippen LogP contribution is 2.36. The van der Waals surface area contributed by atoms with E-state index in [4.69, 9.17) is 18.9 Å². The molecule has 45 heavy (non-hydrogen) atoms. The van der Waals surface area contributed by atoms with Crippen molar-refractivity contribution in [2.24, 2.45) is 4.99 Å². The van der Waals surface area contributed by atoms with E-state index in [1.54, 1.807) is 37.7 Å². The minimum absolute atomic E-state index is 0.0588. The SMILES string of the molecule is CCOC(=O)C1=C(C)N=c2s/c(=C\c3ccc(OCc4cccc(C)c4)c(I)c3)c(=O)n2[C@@H]1c1ccc(OC(C)C)c(OC)c1.